The third-order valence-corrected chi connectivity index (χ3v) is 10.9. The molecule has 0 radical (unpaired) electrons. The number of hydrogen-bond acceptors (Lipinski definition) is 6. The summed E-state index contributed by atoms with van der Waals surface area (Å²) in [4.78, 5) is 12.1. The summed E-state index contributed by atoms with van der Waals surface area (Å²) in [5, 5.41) is 3.80. The highest BCUT2D eigenvalue weighted by atomic mass is 32.2. The zero-order valence-corrected chi connectivity index (χ0v) is 21.1. The van der Waals surface area contributed by atoms with E-state index < -0.39 is 8.80 Å². The molecule has 5 nitrogen and oxygen atoms in total. The standard InChI is InChI=1S/C20H41NO4S2Si/c1-6-23-28(24-7-2,25-8-3)17-11-15-21-19(22)13-10-9-12-18-14-16-26-20(4,5)27-18/h18H,6-17H2,1-5H3,(H,21,22). The van der Waals surface area contributed by atoms with Crippen LogP contribution in [-0.4, -0.2) is 56.2 Å². The van der Waals surface area contributed by atoms with Gasteiger partial charge in [-0.25, -0.2) is 0 Å². The molecule has 0 aromatic rings. The Balaban J connectivity index is 2.17. The lowest BCUT2D eigenvalue weighted by Crippen LogP contribution is -2.46. The second-order valence-corrected chi connectivity index (χ2v) is 14.1. The molecule has 0 spiro atoms. The molecule has 1 N–H and O–H groups in total. The summed E-state index contributed by atoms with van der Waals surface area (Å²) in [5.41, 5.74) is 0. The van der Waals surface area contributed by atoms with Crippen molar-refractivity contribution >= 4 is 38.2 Å². The molecule has 0 bridgehead atoms. The van der Waals surface area contributed by atoms with E-state index in [4.69, 9.17) is 13.3 Å². The van der Waals surface area contributed by atoms with Crippen molar-refractivity contribution in [1.82, 2.24) is 5.32 Å². The van der Waals surface area contributed by atoms with Gasteiger partial charge in [-0.2, -0.15) is 0 Å². The summed E-state index contributed by atoms with van der Waals surface area (Å²) in [6, 6.07) is 0.746. The molecule has 0 aliphatic carbocycles. The first-order valence-corrected chi connectivity index (χ1v) is 14.7. The van der Waals surface area contributed by atoms with Gasteiger partial charge in [0.15, 0.2) is 0 Å². The van der Waals surface area contributed by atoms with Crippen molar-refractivity contribution in [2.45, 2.75) is 88.5 Å². The molecular weight excluding hydrogens is 410 g/mol. The number of unbranched alkanes of at least 4 members (excludes halogenated alkanes) is 1. The van der Waals surface area contributed by atoms with Crippen molar-refractivity contribution in [3.8, 4) is 0 Å². The van der Waals surface area contributed by atoms with E-state index in [1.165, 1.54) is 18.6 Å². The molecule has 1 heterocycles. The van der Waals surface area contributed by atoms with Crippen LogP contribution in [0.25, 0.3) is 0 Å². The van der Waals surface area contributed by atoms with Gasteiger partial charge in [-0.1, -0.05) is 6.42 Å². The predicted molar refractivity (Wildman–Crippen MR) is 124 cm³/mol. The summed E-state index contributed by atoms with van der Waals surface area (Å²) < 4.78 is 17.9. The first-order valence-electron chi connectivity index (χ1n) is 10.9. The monoisotopic (exact) mass is 451 g/mol. The van der Waals surface area contributed by atoms with Crippen LogP contribution in [0, 0.1) is 0 Å². The topological polar surface area (TPSA) is 56.8 Å². The molecule has 0 aromatic carbocycles. The lowest BCUT2D eigenvalue weighted by atomic mass is 10.1. The Labute approximate surface area is 182 Å². The van der Waals surface area contributed by atoms with Crippen LogP contribution >= 0.6 is 23.5 Å². The van der Waals surface area contributed by atoms with Gasteiger partial charge in [-0.05, 0) is 66.1 Å². The fraction of sp³-hybridized carbons (Fsp3) is 0.950. The SMILES string of the molecule is CCO[Si](CCCNC(=O)CCCCC1CCSC(C)(C)S1)(OCC)OCC. The number of hydrogen-bond donors (Lipinski definition) is 1. The molecule has 28 heavy (non-hydrogen) atoms. The minimum atomic E-state index is -2.59. The third kappa shape index (κ3) is 10.9. The van der Waals surface area contributed by atoms with Crippen molar-refractivity contribution < 1.29 is 18.1 Å². The summed E-state index contributed by atoms with van der Waals surface area (Å²) in [6.45, 7) is 13.0. The van der Waals surface area contributed by atoms with Crippen LogP contribution in [-0.2, 0) is 18.1 Å². The molecule has 0 aromatic heterocycles. The molecule has 0 saturated carbocycles. The summed E-state index contributed by atoms with van der Waals surface area (Å²) in [5.74, 6) is 1.42. The Hall–Kier alpha value is 0.267. The van der Waals surface area contributed by atoms with E-state index in [0.29, 0.717) is 36.9 Å². The van der Waals surface area contributed by atoms with Crippen molar-refractivity contribution in [2.24, 2.45) is 0 Å². The van der Waals surface area contributed by atoms with Gasteiger partial charge in [-0.3, -0.25) is 4.79 Å². The van der Waals surface area contributed by atoms with E-state index >= 15 is 0 Å². The second kappa shape index (κ2) is 14.3. The van der Waals surface area contributed by atoms with Gasteiger partial charge in [0, 0.05) is 44.1 Å². The van der Waals surface area contributed by atoms with E-state index in [0.717, 1.165) is 30.6 Å². The minimum Gasteiger partial charge on any atom is -0.374 e. The predicted octanol–water partition coefficient (Wildman–Crippen LogP) is 5.08. The average molecular weight is 452 g/mol. The van der Waals surface area contributed by atoms with E-state index in [-0.39, 0.29) is 5.91 Å². The van der Waals surface area contributed by atoms with Gasteiger partial charge in [0.2, 0.25) is 5.91 Å². The van der Waals surface area contributed by atoms with Crippen LogP contribution < -0.4 is 5.32 Å². The maximum absolute atomic E-state index is 12.1. The molecule has 1 atom stereocenters. The lowest BCUT2D eigenvalue weighted by Gasteiger charge is -2.34. The van der Waals surface area contributed by atoms with Crippen LogP contribution in [0.1, 0.15) is 73.1 Å². The molecule has 1 fully saturated rings. The Bertz CT molecular complexity index is 423. The molecule has 1 saturated heterocycles. The van der Waals surface area contributed by atoms with Gasteiger partial charge in [0.05, 0.1) is 4.08 Å². The number of carbonyl (C=O) groups is 1. The van der Waals surface area contributed by atoms with Gasteiger partial charge >= 0.3 is 8.80 Å². The fourth-order valence-corrected chi connectivity index (χ4v) is 9.32. The maximum atomic E-state index is 12.1. The third-order valence-electron chi connectivity index (χ3n) is 4.59. The Morgan fingerprint density at radius 1 is 1.07 bits per heavy atom. The van der Waals surface area contributed by atoms with Gasteiger partial charge < -0.3 is 18.6 Å². The Morgan fingerprint density at radius 3 is 2.29 bits per heavy atom. The highest BCUT2D eigenvalue weighted by Gasteiger charge is 2.39. The van der Waals surface area contributed by atoms with Crippen molar-refractivity contribution in [2.75, 3.05) is 32.1 Å². The van der Waals surface area contributed by atoms with E-state index in [9.17, 15) is 4.79 Å². The van der Waals surface area contributed by atoms with Crippen molar-refractivity contribution in [1.29, 1.82) is 0 Å². The highest BCUT2D eigenvalue weighted by Crippen LogP contribution is 2.46. The number of amides is 1. The first-order chi connectivity index (χ1) is 13.4. The Morgan fingerprint density at radius 2 is 1.71 bits per heavy atom. The highest BCUT2D eigenvalue weighted by molar-refractivity contribution is 8.19. The zero-order valence-electron chi connectivity index (χ0n) is 18.5. The van der Waals surface area contributed by atoms with Crippen LogP contribution in [0.3, 0.4) is 0 Å². The van der Waals surface area contributed by atoms with E-state index in [2.05, 4.69) is 42.7 Å². The smallest absolute Gasteiger partial charge is 0.374 e. The lowest BCUT2D eigenvalue weighted by molar-refractivity contribution is -0.121. The maximum Gasteiger partial charge on any atom is 0.500 e. The van der Waals surface area contributed by atoms with Gasteiger partial charge in [0.25, 0.3) is 0 Å². The number of carbonyl (C=O) groups excluding carboxylic acids is 1. The summed E-state index contributed by atoms with van der Waals surface area (Å²) in [7, 11) is -2.59. The average Bonchev–Trinajstić information content (AvgIpc) is 2.62. The van der Waals surface area contributed by atoms with Gasteiger partial charge in [0.1, 0.15) is 0 Å². The number of thioether (sulfide) groups is 2. The Kier molecular flexibility index (Phi) is 13.4. The van der Waals surface area contributed by atoms with E-state index in [1.807, 2.05) is 20.8 Å². The van der Waals surface area contributed by atoms with Crippen molar-refractivity contribution in [3.63, 3.8) is 0 Å². The molecular formula is C20H41NO4S2Si. The fourth-order valence-electron chi connectivity index (χ4n) is 3.41. The second-order valence-electron chi connectivity index (χ2n) is 7.46. The first kappa shape index (κ1) is 26.3. The zero-order chi connectivity index (χ0) is 20.9. The number of nitrogens with one attached hydrogen (secondary N) is 1. The molecule has 1 amide bonds. The van der Waals surface area contributed by atoms with E-state index in [1.54, 1.807) is 0 Å². The molecule has 1 aliphatic heterocycles. The molecule has 166 valence electrons. The van der Waals surface area contributed by atoms with Crippen molar-refractivity contribution in [3.05, 3.63) is 0 Å². The molecule has 1 aliphatic rings. The van der Waals surface area contributed by atoms with Gasteiger partial charge in [-0.15, -0.1) is 23.5 Å². The van der Waals surface area contributed by atoms with Crippen LogP contribution in [0.15, 0.2) is 0 Å². The summed E-state index contributed by atoms with van der Waals surface area (Å²) >= 11 is 4.17. The van der Waals surface area contributed by atoms with Crippen LogP contribution in [0.5, 0.6) is 0 Å². The molecule has 1 unspecified atom stereocenters. The largest absolute Gasteiger partial charge is 0.500 e. The molecule has 1 rings (SSSR count). The minimum absolute atomic E-state index is 0.156. The number of rotatable bonds is 15. The molecule has 8 heteroatoms. The van der Waals surface area contributed by atoms with Crippen LogP contribution in [0.2, 0.25) is 6.04 Å². The van der Waals surface area contributed by atoms with Crippen LogP contribution in [0.4, 0.5) is 0 Å². The summed E-state index contributed by atoms with van der Waals surface area (Å²) in [6.07, 6.45) is 6.10. The normalized spacial score (nSPS) is 19.5. The quantitative estimate of drug-likeness (QED) is 0.277.